The maximum absolute atomic E-state index is 12.2. The van der Waals surface area contributed by atoms with Crippen molar-refractivity contribution in [3.05, 3.63) is 28.2 Å². The quantitative estimate of drug-likeness (QED) is 0.855. The Labute approximate surface area is 110 Å². The van der Waals surface area contributed by atoms with Gasteiger partial charge in [-0.2, -0.15) is 0 Å². The van der Waals surface area contributed by atoms with E-state index in [0.717, 1.165) is 11.0 Å². The minimum Gasteiger partial charge on any atom is -0.497 e. The summed E-state index contributed by atoms with van der Waals surface area (Å²) >= 11 is 3.41. The second kappa shape index (κ2) is 5.08. The van der Waals surface area contributed by atoms with E-state index < -0.39 is 0 Å². The fourth-order valence-corrected chi connectivity index (χ4v) is 2.19. The summed E-state index contributed by atoms with van der Waals surface area (Å²) in [6, 6.07) is 5.45. The second-order valence-electron chi connectivity index (χ2n) is 4.47. The molecule has 0 atom stereocenters. The number of nitrogens with zero attached hydrogens (tertiary/aromatic N) is 1. The van der Waals surface area contributed by atoms with Crippen molar-refractivity contribution in [1.82, 2.24) is 4.90 Å². The Bertz CT molecular complexity index is 429. The Balaban J connectivity index is 2.16. The van der Waals surface area contributed by atoms with Crippen molar-refractivity contribution < 1.29 is 9.53 Å². The van der Waals surface area contributed by atoms with E-state index in [0.29, 0.717) is 17.2 Å². The molecule has 92 valence electrons. The van der Waals surface area contributed by atoms with Crippen molar-refractivity contribution in [3.8, 4) is 5.75 Å². The molecule has 0 heterocycles. The molecule has 0 spiro atoms. The summed E-state index contributed by atoms with van der Waals surface area (Å²) in [5.74, 6) is 1.45. The molecule has 0 bridgehead atoms. The van der Waals surface area contributed by atoms with Gasteiger partial charge < -0.3 is 9.64 Å². The number of amides is 1. The van der Waals surface area contributed by atoms with Crippen LogP contribution in [0.2, 0.25) is 0 Å². The van der Waals surface area contributed by atoms with Crippen molar-refractivity contribution in [2.75, 3.05) is 20.7 Å². The van der Waals surface area contributed by atoms with Crippen LogP contribution in [0.3, 0.4) is 0 Å². The Kier molecular flexibility index (Phi) is 3.72. The maximum atomic E-state index is 12.2. The molecule has 1 amide bonds. The van der Waals surface area contributed by atoms with Crippen LogP contribution in [0, 0.1) is 5.92 Å². The average Bonchev–Trinajstić information content (AvgIpc) is 3.12. The van der Waals surface area contributed by atoms with E-state index in [1.165, 1.54) is 12.8 Å². The summed E-state index contributed by atoms with van der Waals surface area (Å²) in [4.78, 5) is 14.0. The van der Waals surface area contributed by atoms with Gasteiger partial charge in [-0.1, -0.05) is 0 Å². The number of carbonyl (C=O) groups is 1. The molecular formula is C13H16BrNO2. The van der Waals surface area contributed by atoms with E-state index in [1.807, 2.05) is 19.2 Å². The SMILES string of the molecule is COc1ccc(Br)c(C(=O)N(C)CC2CC2)c1. The monoisotopic (exact) mass is 297 g/mol. The molecule has 0 unspecified atom stereocenters. The third-order valence-electron chi connectivity index (χ3n) is 2.98. The lowest BCUT2D eigenvalue weighted by atomic mass is 10.2. The smallest absolute Gasteiger partial charge is 0.254 e. The largest absolute Gasteiger partial charge is 0.497 e. The van der Waals surface area contributed by atoms with Crippen LogP contribution in [0.4, 0.5) is 0 Å². The molecule has 0 N–H and O–H groups in total. The standard InChI is InChI=1S/C13H16BrNO2/c1-15(8-9-3-4-9)13(16)11-7-10(17-2)5-6-12(11)14/h5-7,9H,3-4,8H2,1-2H3. The van der Waals surface area contributed by atoms with E-state index >= 15 is 0 Å². The third-order valence-corrected chi connectivity index (χ3v) is 3.67. The molecule has 0 saturated heterocycles. The molecule has 4 heteroatoms. The lowest BCUT2D eigenvalue weighted by molar-refractivity contribution is 0.0787. The van der Waals surface area contributed by atoms with Gasteiger partial charge in [-0.25, -0.2) is 0 Å². The van der Waals surface area contributed by atoms with E-state index in [2.05, 4.69) is 15.9 Å². The molecule has 3 nitrogen and oxygen atoms in total. The van der Waals surface area contributed by atoms with Gasteiger partial charge in [0.25, 0.3) is 5.91 Å². The number of halogens is 1. The Hall–Kier alpha value is -1.03. The highest BCUT2D eigenvalue weighted by atomic mass is 79.9. The number of hydrogen-bond acceptors (Lipinski definition) is 2. The molecule has 1 aromatic carbocycles. The first-order chi connectivity index (χ1) is 8.11. The number of benzene rings is 1. The minimum atomic E-state index is 0.0441. The minimum absolute atomic E-state index is 0.0441. The molecule has 0 aliphatic heterocycles. The van der Waals surface area contributed by atoms with Gasteiger partial charge in [-0.05, 0) is 52.9 Å². The molecule has 0 radical (unpaired) electrons. The van der Waals surface area contributed by atoms with Gasteiger partial charge in [0, 0.05) is 18.1 Å². The summed E-state index contributed by atoms with van der Waals surface area (Å²) in [7, 11) is 3.46. The number of methoxy groups -OCH3 is 1. The highest BCUT2D eigenvalue weighted by Gasteiger charge is 2.26. The van der Waals surface area contributed by atoms with Crippen molar-refractivity contribution in [1.29, 1.82) is 0 Å². The zero-order valence-corrected chi connectivity index (χ0v) is 11.7. The topological polar surface area (TPSA) is 29.5 Å². The van der Waals surface area contributed by atoms with Gasteiger partial charge in [0.15, 0.2) is 0 Å². The number of rotatable bonds is 4. The highest BCUT2D eigenvalue weighted by molar-refractivity contribution is 9.10. The number of ether oxygens (including phenoxy) is 1. The van der Waals surface area contributed by atoms with Crippen molar-refractivity contribution in [2.24, 2.45) is 5.92 Å². The zero-order chi connectivity index (χ0) is 12.4. The van der Waals surface area contributed by atoms with Gasteiger partial charge in [0.1, 0.15) is 5.75 Å². The molecule has 1 aliphatic carbocycles. The molecule has 17 heavy (non-hydrogen) atoms. The van der Waals surface area contributed by atoms with Crippen LogP contribution >= 0.6 is 15.9 Å². The number of hydrogen-bond donors (Lipinski definition) is 0. The fraction of sp³-hybridized carbons (Fsp3) is 0.462. The van der Waals surface area contributed by atoms with Crippen molar-refractivity contribution in [3.63, 3.8) is 0 Å². The van der Waals surface area contributed by atoms with E-state index in [-0.39, 0.29) is 5.91 Å². The van der Waals surface area contributed by atoms with Crippen molar-refractivity contribution >= 4 is 21.8 Å². The molecule has 0 aromatic heterocycles. The maximum Gasteiger partial charge on any atom is 0.254 e. The molecule has 2 rings (SSSR count). The Morgan fingerprint density at radius 3 is 2.82 bits per heavy atom. The predicted octanol–water partition coefficient (Wildman–Crippen LogP) is 2.94. The van der Waals surface area contributed by atoms with Gasteiger partial charge in [-0.15, -0.1) is 0 Å². The van der Waals surface area contributed by atoms with E-state index in [9.17, 15) is 4.79 Å². The van der Waals surface area contributed by atoms with Gasteiger partial charge >= 0.3 is 0 Å². The zero-order valence-electron chi connectivity index (χ0n) is 10.1. The van der Waals surface area contributed by atoms with Crippen LogP contribution in [0.15, 0.2) is 22.7 Å². The van der Waals surface area contributed by atoms with Crippen LogP contribution < -0.4 is 4.74 Å². The summed E-state index contributed by atoms with van der Waals surface area (Å²) < 4.78 is 5.95. The predicted molar refractivity (Wildman–Crippen MR) is 70.4 cm³/mol. The van der Waals surface area contributed by atoms with Crippen LogP contribution in [0.25, 0.3) is 0 Å². The Morgan fingerprint density at radius 2 is 2.24 bits per heavy atom. The van der Waals surface area contributed by atoms with E-state index in [1.54, 1.807) is 18.1 Å². The summed E-state index contributed by atoms with van der Waals surface area (Å²) in [6.45, 7) is 0.850. The van der Waals surface area contributed by atoms with Gasteiger partial charge in [0.05, 0.1) is 12.7 Å². The van der Waals surface area contributed by atoms with Crippen LogP contribution in [0.5, 0.6) is 5.75 Å². The third kappa shape index (κ3) is 3.00. The van der Waals surface area contributed by atoms with E-state index in [4.69, 9.17) is 4.74 Å². The van der Waals surface area contributed by atoms with Crippen LogP contribution in [-0.2, 0) is 0 Å². The lowest BCUT2D eigenvalue weighted by Crippen LogP contribution is -2.29. The first kappa shape index (κ1) is 12.4. The first-order valence-electron chi connectivity index (χ1n) is 5.71. The summed E-state index contributed by atoms with van der Waals surface area (Å²) in [5, 5.41) is 0. The van der Waals surface area contributed by atoms with Crippen LogP contribution in [-0.4, -0.2) is 31.5 Å². The normalized spacial score (nSPS) is 14.5. The molecular weight excluding hydrogens is 282 g/mol. The average molecular weight is 298 g/mol. The molecule has 1 saturated carbocycles. The second-order valence-corrected chi connectivity index (χ2v) is 5.33. The highest BCUT2D eigenvalue weighted by Crippen LogP contribution is 2.30. The summed E-state index contributed by atoms with van der Waals surface area (Å²) in [6.07, 6.45) is 2.49. The molecule has 1 fully saturated rings. The van der Waals surface area contributed by atoms with Gasteiger partial charge in [-0.3, -0.25) is 4.79 Å². The lowest BCUT2D eigenvalue weighted by Gasteiger charge is -2.18. The van der Waals surface area contributed by atoms with Crippen molar-refractivity contribution in [2.45, 2.75) is 12.8 Å². The fourth-order valence-electron chi connectivity index (χ4n) is 1.77. The summed E-state index contributed by atoms with van der Waals surface area (Å²) in [5.41, 5.74) is 0.660. The molecule has 1 aromatic rings. The number of carbonyl (C=O) groups excluding carboxylic acids is 1. The first-order valence-corrected chi connectivity index (χ1v) is 6.50. The van der Waals surface area contributed by atoms with Gasteiger partial charge in [0.2, 0.25) is 0 Å². The Morgan fingerprint density at radius 1 is 1.53 bits per heavy atom. The molecule has 1 aliphatic rings. The van der Waals surface area contributed by atoms with Crippen LogP contribution in [0.1, 0.15) is 23.2 Å².